The lowest BCUT2D eigenvalue weighted by Gasteiger charge is -2.45. The highest BCUT2D eigenvalue weighted by Crippen LogP contribution is 2.41. The van der Waals surface area contributed by atoms with E-state index in [1.54, 1.807) is 13.8 Å². The Labute approximate surface area is 141 Å². The van der Waals surface area contributed by atoms with E-state index in [0.29, 0.717) is 6.42 Å². The summed E-state index contributed by atoms with van der Waals surface area (Å²) in [5.74, 6) is -1.55. The summed E-state index contributed by atoms with van der Waals surface area (Å²) >= 11 is 0. The first-order valence-electron chi connectivity index (χ1n) is 8.36. The molecule has 0 aromatic heterocycles. The Morgan fingerprint density at radius 2 is 2.04 bits per heavy atom. The first kappa shape index (κ1) is 19.3. The summed E-state index contributed by atoms with van der Waals surface area (Å²) in [5, 5.41) is 40.0. The summed E-state index contributed by atoms with van der Waals surface area (Å²) in [7, 11) is 0. The molecule has 2 aliphatic rings. The van der Waals surface area contributed by atoms with Crippen molar-refractivity contribution < 1.29 is 34.7 Å². The highest BCUT2D eigenvalue weighted by molar-refractivity contribution is 5.88. The topological polar surface area (TPSA) is 120 Å². The van der Waals surface area contributed by atoms with Gasteiger partial charge < -0.3 is 29.9 Å². The van der Waals surface area contributed by atoms with Crippen LogP contribution >= 0.6 is 0 Å². The van der Waals surface area contributed by atoms with E-state index in [-0.39, 0.29) is 36.2 Å². The van der Waals surface area contributed by atoms with Crippen LogP contribution in [0.1, 0.15) is 34.1 Å². The molecule has 7 heteroatoms. The molecule has 0 unspecified atom stereocenters. The quantitative estimate of drug-likeness (QED) is 0.404. The summed E-state index contributed by atoms with van der Waals surface area (Å²) in [6.45, 7) is 6.71. The monoisotopic (exact) mass is 344 g/mol. The van der Waals surface area contributed by atoms with Gasteiger partial charge in [0.05, 0.1) is 36.6 Å². The number of carboxylic acid groups (broad SMARTS) is 1. The standard InChI is InChI=1S/C17H28O7/c1-5-11(16(20)21)15-17(4,22)14(19)10(7-23-15)6-12-13(24-12)8(2)9(3)18/h5,8-10,12-15,18-19,22H,6-7H2,1-4H3,(H,20,21)/t8-,9-,10-,12-,13-,14+,15-,17+/m0/s1. The third-order valence-corrected chi connectivity index (χ3v) is 5.33. The molecule has 2 heterocycles. The van der Waals surface area contributed by atoms with Crippen LogP contribution in [0, 0.1) is 11.8 Å². The summed E-state index contributed by atoms with van der Waals surface area (Å²) in [6.07, 6.45) is -0.984. The molecule has 138 valence electrons. The molecule has 2 aliphatic heterocycles. The number of aliphatic carboxylic acids is 1. The number of ether oxygens (including phenoxy) is 2. The number of allylic oxidation sites excluding steroid dienone is 1. The molecule has 0 radical (unpaired) electrons. The summed E-state index contributed by atoms with van der Waals surface area (Å²) in [5.41, 5.74) is -1.77. The van der Waals surface area contributed by atoms with E-state index in [1.807, 2.05) is 6.92 Å². The van der Waals surface area contributed by atoms with Crippen molar-refractivity contribution in [1.82, 2.24) is 0 Å². The second-order valence-electron chi connectivity index (χ2n) is 7.17. The molecular weight excluding hydrogens is 316 g/mol. The number of aliphatic hydroxyl groups is 3. The van der Waals surface area contributed by atoms with Crippen molar-refractivity contribution in [3.63, 3.8) is 0 Å². The second-order valence-corrected chi connectivity index (χ2v) is 7.17. The van der Waals surface area contributed by atoms with Crippen LogP contribution in [0.3, 0.4) is 0 Å². The predicted octanol–water partition coefficient (Wildman–Crippen LogP) is 0.319. The molecule has 0 aromatic rings. The minimum Gasteiger partial charge on any atom is -0.478 e. The smallest absolute Gasteiger partial charge is 0.334 e. The first-order chi connectivity index (χ1) is 11.1. The van der Waals surface area contributed by atoms with E-state index in [2.05, 4.69) is 0 Å². The molecule has 24 heavy (non-hydrogen) atoms. The second kappa shape index (κ2) is 7.09. The fourth-order valence-electron chi connectivity index (χ4n) is 3.48. The van der Waals surface area contributed by atoms with Crippen molar-refractivity contribution in [1.29, 1.82) is 0 Å². The van der Waals surface area contributed by atoms with Crippen molar-refractivity contribution in [3.8, 4) is 0 Å². The zero-order valence-electron chi connectivity index (χ0n) is 14.5. The first-order valence-corrected chi connectivity index (χ1v) is 8.36. The molecule has 8 atom stereocenters. The lowest BCUT2D eigenvalue weighted by molar-refractivity contribution is -0.209. The van der Waals surface area contributed by atoms with Gasteiger partial charge in [-0.3, -0.25) is 0 Å². The van der Waals surface area contributed by atoms with Crippen molar-refractivity contribution in [3.05, 3.63) is 11.6 Å². The average Bonchev–Trinajstić information content (AvgIpc) is 3.25. The van der Waals surface area contributed by atoms with Crippen LogP contribution in [0.5, 0.6) is 0 Å². The van der Waals surface area contributed by atoms with Gasteiger partial charge in [-0.1, -0.05) is 13.0 Å². The Morgan fingerprint density at radius 3 is 2.54 bits per heavy atom. The average molecular weight is 344 g/mol. The van der Waals surface area contributed by atoms with Gasteiger partial charge in [0.1, 0.15) is 11.7 Å². The van der Waals surface area contributed by atoms with Gasteiger partial charge in [0.25, 0.3) is 0 Å². The molecule has 0 saturated carbocycles. The molecule has 0 spiro atoms. The van der Waals surface area contributed by atoms with Gasteiger partial charge in [-0.25, -0.2) is 4.79 Å². The molecule has 2 rings (SSSR count). The van der Waals surface area contributed by atoms with Gasteiger partial charge >= 0.3 is 5.97 Å². The number of epoxide rings is 1. The van der Waals surface area contributed by atoms with Crippen molar-refractivity contribution in [2.24, 2.45) is 11.8 Å². The predicted molar refractivity (Wildman–Crippen MR) is 85.4 cm³/mol. The fraction of sp³-hybridized carbons (Fsp3) is 0.824. The maximum atomic E-state index is 11.3. The zero-order chi connectivity index (χ0) is 18.2. The van der Waals surface area contributed by atoms with Crippen LogP contribution < -0.4 is 0 Å². The molecule has 2 fully saturated rings. The maximum absolute atomic E-state index is 11.3. The largest absolute Gasteiger partial charge is 0.478 e. The number of rotatable bonds is 6. The number of carbonyl (C=O) groups is 1. The van der Waals surface area contributed by atoms with E-state index in [4.69, 9.17) is 9.47 Å². The van der Waals surface area contributed by atoms with Crippen molar-refractivity contribution in [2.75, 3.05) is 6.61 Å². The van der Waals surface area contributed by atoms with Crippen LogP contribution in [-0.4, -0.2) is 69.1 Å². The molecular formula is C17H28O7. The van der Waals surface area contributed by atoms with Crippen LogP contribution in [0.25, 0.3) is 0 Å². The Bertz CT molecular complexity index is 499. The van der Waals surface area contributed by atoms with Crippen LogP contribution in [0.15, 0.2) is 11.6 Å². The van der Waals surface area contributed by atoms with E-state index in [1.165, 1.54) is 13.0 Å². The van der Waals surface area contributed by atoms with Gasteiger partial charge in [0.2, 0.25) is 0 Å². The summed E-state index contributed by atoms with van der Waals surface area (Å²) in [4.78, 5) is 11.3. The van der Waals surface area contributed by atoms with Gasteiger partial charge in [-0.15, -0.1) is 0 Å². The van der Waals surface area contributed by atoms with Crippen LogP contribution in [-0.2, 0) is 14.3 Å². The minimum absolute atomic E-state index is 0.00783. The number of hydrogen-bond acceptors (Lipinski definition) is 6. The number of hydrogen-bond donors (Lipinski definition) is 4. The SMILES string of the molecule is CC=C(C(=O)O)[C@@H]1OC[C@H](C[C@@H]2O[C@H]2[C@@H](C)[C@H](C)O)[C@@H](O)[C@@]1(C)O. The third kappa shape index (κ3) is 3.65. The van der Waals surface area contributed by atoms with Crippen molar-refractivity contribution in [2.45, 2.75) is 70.2 Å². The highest BCUT2D eigenvalue weighted by atomic mass is 16.6. The van der Waals surface area contributed by atoms with E-state index in [0.717, 1.165) is 0 Å². The molecule has 7 nitrogen and oxygen atoms in total. The van der Waals surface area contributed by atoms with Gasteiger partial charge in [-0.2, -0.15) is 0 Å². The van der Waals surface area contributed by atoms with Crippen LogP contribution in [0.4, 0.5) is 0 Å². The summed E-state index contributed by atoms with van der Waals surface area (Å²) in [6, 6.07) is 0. The number of carboxylic acids is 1. The Kier molecular flexibility index (Phi) is 5.71. The van der Waals surface area contributed by atoms with Crippen LogP contribution in [0.2, 0.25) is 0 Å². The lowest BCUT2D eigenvalue weighted by atomic mass is 9.77. The maximum Gasteiger partial charge on any atom is 0.334 e. The normalized spacial score (nSPS) is 42.5. The summed E-state index contributed by atoms with van der Waals surface area (Å²) < 4.78 is 11.2. The van der Waals surface area contributed by atoms with E-state index in [9.17, 15) is 25.2 Å². The fourth-order valence-corrected chi connectivity index (χ4v) is 3.48. The molecule has 4 N–H and O–H groups in total. The Morgan fingerprint density at radius 1 is 1.42 bits per heavy atom. The highest BCUT2D eigenvalue weighted by Gasteiger charge is 2.53. The van der Waals surface area contributed by atoms with Gasteiger partial charge in [-0.05, 0) is 27.2 Å². The van der Waals surface area contributed by atoms with Crippen molar-refractivity contribution >= 4 is 5.97 Å². The molecule has 0 amide bonds. The third-order valence-electron chi connectivity index (χ3n) is 5.33. The molecule has 2 saturated heterocycles. The van der Waals surface area contributed by atoms with E-state index < -0.39 is 29.9 Å². The lowest BCUT2D eigenvalue weighted by Crippen LogP contribution is -2.60. The Balaban J connectivity index is 2.02. The zero-order valence-corrected chi connectivity index (χ0v) is 14.5. The van der Waals surface area contributed by atoms with Gasteiger partial charge in [0, 0.05) is 11.8 Å². The minimum atomic E-state index is -1.70. The molecule has 0 aromatic carbocycles. The molecule has 0 bridgehead atoms. The van der Waals surface area contributed by atoms with Gasteiger partial charge in [0.15, 0.2) is 0 Å². The number of aliphatic hydroxyl groups excluding tert-OH is 2. The Hall–Kier alpha value is -0.990. The molecule has 0 aliphatic carbocycles. The van der Waals surface area contributed by atoms with E-state index >= 15 is 0 Å².